The van der Waals surface area contributed by atoms with Crippen LogP contribution in [0.4, 0.5) is 10.5 Å². The fourth-order valence-corrected chi connectivity index (χ4v) is 4.89. The number of ether oxygens (including phenoxy) is 1. The Balaban J connectivity index is 2.03. The number of hydrogen-bond donors (Lipinski definition) is 2. The molecule has 0 fully saturated rings. The van der Waals surface area contributed by atoms with Crippen molar-refractivity contribution in [2.75, 3.05) is 11.9 Å². The number of anilines is 1. The van der Waals surface area contributed by atoms with E-state index < -0.39 is 23.8 Å². The van der Waals surface area contributed by atoms with Crippen LogP contribution in [-0.4, -0.2) is 41.0 Å². The summed E-state index contributed by atoms with van der Waals surface area (Å²) in [6, 6.07) is 19.7. The molecule has 0 heterocycles. The summed E-state index contributed by atoms with van der Waals surface area (Å²) in [6.45, 7) is 13.7. The van der Waals surface area contributed by atoms with Gasteiger partial charge in [0.2, 0.25) is 5.91 Å². The van der Waals surface area contributed by atoms with Gasteiger partial charge in [-0.2, -0.15) is 0 Å². The van der Waals surface area contributed by atoms with Crippen LogP contribution in [-0.2, 0) is 14.3 Å². The Morgan fingerprint density at radius 3 is 2.19 bits per heavy atom. The highest BCUT2D eigenvalue weighted by Crippen LogP contribution is 2.28. The summed E-state index contributed by atoms with van der Waals surface area (Å²) in [5, 5.41) is 8.00. The van der Waals surface area contributed by atoms with Gasteiger partial charge in [0.1, 0.15) is 17.7 Å². The Kier molecular flexibility index (Phi) is 11.5. The largest absolute Gasteiger partial charge is 0.444 e. The van der Waals surface area contributed by atoms with Gasteiger partial charge < -0.3 is 20.3 Å². The van der Waals surface area contributed by atoms with Crippen molar-refractivity contribution >= 4 is 34.4 Å². The first-order valence-electron chi connectivity index (χ1n) is 15.1. The predicted molar refractivity (Wildman–Crippen MR) is 170 cm³/mol. The van der Waals surface area contributed by atoms with Gasteiger partial charge in [0.25, 0.3) is 5.91 Å². The molecule has 3 aromatic rings. The lowest BCUT2D eigenvalue weighted by atomic mass is 9.95. The van der Waals surface area contributed by atoms with Gasteiger partial charge in [-0.05, 0) is 68.5 Å². The molecule has 0 aromatic heterocycles. The van der Waals surface area contributed by atoms with Gasteiger partial charge in [0.15, 0.2) is 0 Å². The lowest BCUT2D eigenvalue weighted by Crippen LogP contribution is -2.55. The molecule has 226 valence electrons. The zero-order valence-corrected chi connectivity index (χ0v) is 26.2. The first kappa shape index (κ1) is 32.6. The van der Waals surface area contributed by atoms with Gasteiger partial charge in [-0.25, -0.2) is 4.79 Å². The van der Waals surface area contributed by atoms with E-state index in [9.17, 15) is 14.4 Å². The second-order valence-corrected chi connectivity index (χ2v) is 12.1. The second kappa shape index (κ2) is 14.9. The molecule has 3 rings (SSSR count). The highest BCUT2D eigenvalue weighted by molar-refractivity contribution is 6.00. The van der Waals surface area contributed by atoms with Gasteiger partial charge >= 0.3 is 6.09 Å². The molecule has 0 aliphatic carbocycles. The van der Waals surface area contributed by atoms with E-state index in [2.05, 4.69) is 17.6 Å². The maximum atomic E-state index is 14.4. The third-order valence-corrected chi connectivity index (χ3v) is 7.41. The molecule has 0 saturated carbocycles. The third kappa shape index (κ3) is 9.07. The normalized spacial score (nSPS) is 13.6. The number of aryl methyl sites for hydroxylation is 1. The van der Waals surface area contributed by atoms with Crippen LogP contribution in [0.2, 0.25) is 0 Å². The maximum absolute atomic E-state index is 14.4. The third-order valence-electron chi connectivity index (χ3n) is 7.41. The van der Waals surface area contributed by atoms with Gasteiger partial charge in [0.05, 0.1) is 0 Å². The van der Waals surface area contributed by atoms with Crippen LogP contribution in [0.1, 0.15) is 84.4 Å². The molecule has 3 unspecified atom stereocenters. The van der Waals surface area contributed by atoms with E-state index >= 15 is 0 Å². The minimum absolute atomic E-state index is 0.180. The van der Waals surface area contributed by atoms with E-state index in [4.69, 9.17) is 4.74 Å². The van der Waals surface area contributed by atoms with E-state index in [0.29, 0.717) is 24.2 Å². The van der Waals surface area contributed by atoms with Crippen molar-refractivity contribution in [3.63, 3.8) is 0 Å². The van der Waals surface area contributed by atoms with Crippen LogP contribution in [0.3, 0.4) is 0 Å². The van der Waals surface area contributed by atoms with Crippen LogP contribution in [0.5, 0.6) is 0 Å². The Bertz CT molecular complexity index is 1350. The Morgan fingerprint density at radius 1 is 0.905 bits per heavy atom. The first-order valence-corrected chi connectivity index (χ1v) is 15.1. The average Bonchev–Trinajstić information content (AvgIpc) is 2.94. The van der Waals surface area contributed by atoms with E-state index in [1.54, 1.807) is 25.7 Å². The molecule has 42 heavy (non-hydrogen) atoms. The zero-order chi connectivity index (χ0) is 30.9. The highest BCUT2D eigenvalue weighted by atomic mass is 16.6. The van der Waals surface area contributed by atoms with E-state index in [1.165, 1.54) is 0 Å². The molecular formula is C35H47N3O4. The van der Waals surface area contributed by atoms with Gasteiger partial charge in [-0.15, -0.1) is 0 Å². The molecule has 2 N–H and O–H groups in total. The van der Waals surface area contributed by atoms with Crippen molar-refractivity contribution in [3.8, 4) is 0 Å². The molecule has 0 bridgehead atoms. The number of carbonyl (C=O) groups is 3. The van der Waals surface area contributed by atoms with Crippen LogP contribution in [0.25, 0.3) is 10.8 Å². The number of nitrogens with zero attached hydrogens (tertiary/aromatic N) is 1. The molecule has 3 atom stereocenters. The molecule has 0 radical (unpaired) electrons. The second-order valence-electron chi connectivity index (χ2n) is 12.1. The molecule has 0 aliphatic heterocycles. The van der Waals surface area contributed by atoms with Crippen molar-refractivity contribution in [2.24, 2.45) is 5.92 Å². The first-order chi connectivity index (χ1) is 19.9. The van der Waals surface area contributed by atoms with Gasteiger partial charge in [-0.1, -0.05) is 100 Å². The Hall–Kier alpha value is -3.87. The smallest absolute Gasteiger partial charge is 0.408 e. The summed E-state index contributed by atoms with van der Waals surface area (Å²) in [6.07, 6.45) is 2.61. The predicted octanol–water partition coefficient (Wildman–Crippen LogP) is 7.79. The van der Waals surface area contributed by atoms with Crippen LogP contribution in [0.15, 0.2) is 66.7 Å². The fourth-order valence-electron chi connectivity index (χ4n) is 4.89. The number of amides is 3. The lowest BCUT2D eigenvalue weighted by molar-refractivity contribution is -0.142. The fraction of sp³-hybridized carbons (Fsp3) is 0.457. The molecule has 0 aliphatic rings. The zero-order valence-electron chi connectivity index (χ0n) is 26.2. The number of benzene rings is 3. The summed E-state index contributed by atoms with van der Waals surface area (Å²) >= 11 is 0. The minimum atomic E-state index is -0.895. The van der Waals surface area contributed by atoms with Crippen molar-refractivity contribution in [3.05, 3.63) is 77.9 Å². The van der Waals surface area contributed by atoms with Gasteiger partial charge in [-0.3, -0.25) is 9.59 Å². The summed E-state index contributed by atoms with van der Waals surface area (Å²) in [5.41, 5.74) is 1.71. The average molecular weight is 574 g/mol. The number of unbranched alkanes of at least 4 members (excludes halogenated alkanes) is 2. The van der Waals surface area contributed by atoms with Gasteiger partial charge in [0, 0.05) is 12.2 Å². The molecule has 0 saturated heterocycles. The molecular weight excluding hydrogens is 526 g/mol. The van der Waals surface area contributed by atoms with Crippen molar-refractivity contribution in [2.45, 2.75) is 91.8 Å². The summed E-state index contributed by atoms with van der Waals surface area (Å²) in [7, 11) is 0. The van der Waals surface area contributed by atoms with Crippen LogP contribution in [0, 0.1) is 12.8 Å². The molecule has 7 heteroatoms. The number of nitrogens with one attached hydrogen (secondary N) is 2. The number of carbonyl (C=O) groups excluding carboxylic acids is 3. The summed E-state index contributed by atoms with van der Waals surface area (Å²) in [5.74, 6) is -0.786. The highest BCUT2D eigenvalue weighted by Gasteiger charge is 2.38. The van der Waals surface area contributed by atoms with Crippen LogP contribution >= 0.6 is 0 Å². The quantitative estimate of drug-likeness (QED) is 0.217. The summed E-state index contributed by atoms with van der Waals surface area (Å²) in [4.78, 5) is 43.1. The number of hydrogen-bond acceptors (Lipinski definition) is 4. The standard InChI is InChI=1S/C35H47N3O4/c1-8-10-13-22-38(33(40)30(25(4)9-2)37-34(41)42-35(5,6)7)31(27-18-16-24(3)17-19-27)32(39)36-29-21-20-26-14-11-12-15-28(26)23-29/h11-12,14-21,23,25,30-31H,8-10,13,22H2,1-7H3,(H,36,39)(H,37,41). The van der Waals surface area contributed by atoms with Crippen molar-refractivity contribution in [1.29, 1.82) is 0 Å². The van der Waals surface area contributed by atoms with E-state index in [1.807, 2.05) is 87.5 Å². The SMILES string of the molecule is CCCCCN(C(=O)C(NC(=O)OC(C)(C)C)C(C)CC)C(C(=O)Nc1ccc2ccccc2c1)c1ccc(C)cc1. The van der Waals surface area contributed by atoms with E-state index in [-0.39, 0.29) is 17.7 Å². The topological polar surface area (TPSA) is 87.7 Å². The summed E-state index contributed by atoms with van der Waals surface area (Å²) < 4.78 is 5.51. The molecule has 0 spiro atoms. The number of fused-ring (bicyclic) bond motifs is 1. The van der Waals surface area contributed by atoms with Crippen molar-refractivity contribution in [1.82, 2.24) is 10.2 Å². The molecule has 3 amide bonds. The minimum Gasteiger partial charge on any atom is -0.444 e. The van der Waals surface area contributed by atoms with E-state index in [0.717, 1.165) is 35.6 Å². The monoisotopic (exact) mass is 573 g/mol. The lowest BCUT2D eigenvalue weighted by Gasteiger charge is -2.36. The molecule has 3 aromatic carbocycles. The van der Waals surface area contributed by atoms with Crippen molar-refractivity contribution < 1.29 is 19.1 Å². The van der Waals surface area contributed by atoms with Crippen LogP contribution < -0.4 is 10.6 Å². The Labute approximate surface area is 251 Å². The maximum Gasteiger partial charge on any atom is 0.408 e. The molecule has 7 nitrogen and oxygen atoms in total. The number of rotatable bonds is 12. The number of alkyl carbamates (subject to hydrolysis) is 1. The Morgan fingerprint density at radius 2 is 1.57 bits per heavy atom.